The van der Waals surface area contributed by atoms with Crippen LogP contribution in [0.4, 0.5) is 9.59 Å². The lowest BCUT2D eigenvalue weighted by molar-refractivity contribution is -0.122. The Morgan fingerprint density at radius 1 is 0.952 bits per heavy atom. The van der Waals surface area contributed by atoms with Gasteiger partial charge in [-0.1, -0.05) is 0 Å². The van der Waals surface area contributed by atoms with Crippen molar-refractivity contribution in [2.75, 3.05) is 41.0 Å². The van der Waals surface area contributed by atoms with E-state index in [4.69, 9.17) is 19.9 Å². The van der Waals surface area contributed by atoms with Crippen molar-refractivity contribution in [3.8, 4) is 0 Å². The van der Waals surface area contributed by atoms with Crippen molar-refractivity contribution >= 4 is 18.1 Å². The number of carbonyl (C=O) groups excluding carboxylic acids is 3. The maximum atomic E-state index is 11.1. The van der Waals surface area contributed by atoms with Gasteiger partial charge in [-0.05, 0) is 7.05 Å². The SMILES string of the molecule is CNC(=O)OCC(COC(=O)NC)OC[C@H](NC)C(N)=O. The van der Waals surface area contributed by atoms with Crippen molar-refractivity contribution in [2.45, 2.75) is 12.1 Å². The van der Waals surface area contributed by atoms with E-state index in [1.165, 1.54) is 14.1 Å². The molecule has 0 aromatic rings. The summed E-state index contributed by atoms with van der Waals surface area (Å²) >= 11 is 0. The first-order valence-corrected chi connectivity index (χ1v) is 6.21. The van der Waals surface area contributed by atoms with Gasteiger partial charge in [-0.2, -0.15) is 0 Å². The molecular formula is C11H22N4O6. The number of nitrogens with one attached hydrogen (secondary N) is 3. The number of nitrogens with two attached hydrogens (primary N) is 1. The number of ether oxygens (including phenoxy) is 3. The van der Waals surface area contributed by atoms with Crippen LogP contribution < -0.4 is 21.7 Å². The quantitative estimate of drug-likeness (QED) is 0.392. The highest BCUT2D eigenvalue weighted by atomic mass is 16.6. The average molecular weight is 306 g/mol. The summed E-state index contributed by atoms with van der Waals surface area (Å²) in [6.07, 6.45) is -2.03. The molecule has 0 aliphatic rings. The molecule has 0 spiro atoms. The first-order valence-electron chi connectivity index (χ1n) is 6.21. The fourth-order valence-corrected chi connectivity index (χ4v) is 1.17. The lowest BCUT2D eigenvalue weighted by Gasteiger charge is -2.20. The number of hydrogen-bond donors (Lipinski definition) is 4. The highest BCUT2D eigenvalue weighted by molar-refractivity contribution is 5.79. The molecule has 3 amide bonds. The smallest absolute Gasteiger partial charge is 0.406 e. The summed E-state index contributed by atoms with van der Waals surface area (Å²) in [5, 5.41) is 7.20. The van der Waals surface area contributed by atoms with E-state index in [0.717, 1.165) is 0 Å². The number of carbonyl (C=O) groups is 3. The number of alkyl carbamates (subject to hydrolysis) is 2. The van der Waals surface area contributed by atoms with Gasteiger partial charge in [0.1, 0.15) is 25.4 Å². The van der Waals surface area contributed by atoms with Crippen LogP contribution in [0, 0.1) is 0 Å². The molecule has 0 radical (unpaired) electrons. The minimum absolute atomic E-state index is 0.0509. The molecule has 0 aromatic heterocycles. The van der Waals surface area contributed by atoms with Crippen molar-refractivity contribution in [1.29, 1.82) is 0 Å². The summed E-state index contributed by atoms with van der Waals surface area (Å²) in [4.78, 5) is 33.1. The molecule has 0 aromatic carbocycles. The van der Waals surface area contributed by atoms with E-state index in [0.29, 0.717) is 0 Å². The van der Waals surface area contributed by atoms with Crippen molar-refractivity contribution in [3.63, 3.8) is 0 Å². The largest absolute Gasteiger partial charge is 0.447 e. The van der Waals surface area contributed by atoms with Crippen LogP contribution in [0.15, 0.2) is 0 Å². The maximum absolute atomic E-state index is 11.1. The Morgan fingerprint density at radius 3 is 1.76 bits per heavy atom. The molecule has 0 aliphatic carbocycles. The summed E-state index contributed by atoms with van der Waals surface area (Å²) in [5.41, 5.74) is 5.15. The summed E-state index contributed by atoms with van der Waals surface area (Å²) < 4.78 is 15.0. The third-order valence-corrected chi connectivity index (χ3v) is 2.40. The summed E-state index contributed by atoms with van der Waals surface area (Å²) in [5.74, 6) is -0.587. The van der Waals surface area contributed by atoms with Crippen LogP contribution in [0.2, 0.25) is 0 Å². The zero-order valence-corrected chi connectivity index (χ0v) is 12.3. The van der Waals surface area contributed by atoms with Gasteiger partial charge in [0.25, 0.3) is 0 Å². The second-order valence-corrected chi connectivity index (χ2v) is 3.90. The molecular weight excluding hydrogens is 284 g/mol. The zero-order chi connectivity index (χ0) is 16.3. The second kappa shape index (κ2) is 10.7. The van der Waals surface area contributed by atoms with E-state index in [1.54, 1.807) is 7.05 Å². The molecule has 0 unspecified atom stereocenters. The van der Waals surface area contributed by atoms with E-state index >= 15 is 0 Å². The van der Waals surface area contributed by atoms with E-state index < -0.39 is 30.2 Å². The molecule has 21 heavy (non-hydrogen) atoms. The topological polar surface area (TPSA) is 141 Å². The third kappa shape index (κ3) is 8.65. The highest BCUT2D eigenvalue weighted by Crippen LogP contribution is 1.98. The minimum Gasteiger partial charge on any atom is -0.447 e. The molecule has 0 saturated heterocycles. The normalized spacial score (nSPS) is 11.6. The highest BCUT2D eigenvalue weighted by Gasteiger charge is 2.19. The molecule has 5 N–H and O–H groups in total. The van der Waals surface area contributed by atoms with Gasteiger partial charge in [-0.15, -0.1) is 0 Å². The lowest BCUT2D eigenvalue weighted by Crippen LogP contribution is -2.44. The zero-order valence-electron chi connectivity index (χ0n) is 12.3. The van der Waals surface area contributed by atoms with Crippen LogP contribution in [-0.4, -0.2) is 71.2 Å². The number of amides is 3. The number of hydrogen-bond acceptors (Lipinski definition) is 7. The van der Waals surface area contributed by atoms with Crippen molar-refractivity contribution in [3.05, 3.63) is 0 Å². The van der Waals surface area contributed by atoms with Crippen LogP contribution in [0.1, 0.15) is 0 Å². The van der Waals surface area contributed by atoms with E-state index in [2.05, 4.69) is 16.0 Å². The Labute approximate surface area is 122 Å². The molecule has 0 bridgehead atoms. The summed E-state index contributed by atoms with van der Waals surface area (Å²) in [6.45, 7) is -0.345. The standard InChI is InChI=1S/C11H22N4O6/c1-13-8(9(12)16)6-19-7(4-20-10(17)14-2)5-21-11(18)15-3/h7-8,13H,4-6H2,1-3H3,(H2,12,16)(H,14,17)(H,15,18)/t8-/m0/s1. The predicted molar refractivity (Wildman–Crippen MR) is 72.6 cm³/mol. The van der Waals surface area contributed by atoms with Crippen LogP contribution in [0.3, 0.4) is 0 Å². The van der Waals surface area contributed by atoms with Crippen LogP contribution in [-0.2, 0) is 19.0 Å². The monoisotopic (exact) mass is 306 g/mol. The van der Waals surface area contributed by atoms with Crippen molar-refractivity contribution in [2.24, 2.45) is 5.73 Å². The maximum Gasteiger partial charge on any atom is 0.406 e. The van der Waals surface area contributed by atoms with Crippen LogP contribution >= 0.6 is 0 Å². The molecule has 0 fully saturated rings. The van der Waals surface area contributed by atoms with Gasteiger partial charge in [0, 0.05) is 14.1 Å². The fourth-order valence-electron chi connectivity index (χ4n) is 1.17. The van der Waals surface area contributed by atoms with E-state index in [1.807, 2.05) is 0 Å². The van der Waals surface area contributed by atoms with Crippen LogP contribution in [0.5, 0.6) is 0 Å². The van der Waals surface area contributed by atoms with Gasteiger partial charge in [0.05, 0.1) is 6.61 Å². The molecule has 0 rings (SSSR count). The van der Waals surface area contributed by atoms with Gasteiger partial charge in [-0.25, -0.2) is 9.59 Å². The van der Waals surface area contributed by atoms with E-state index in [-0.39, 0.29) is 19.8 Å². The Morgan fingerprint density at radius 2 is 1.43 bits per heavy atom. The number of primary amides is 1. The van der Waals surface area contributed by atoms with Crippen molar-refractivity contribution < 1.29 is 28.6 Å². The first-order chi connectivity index (χ1) is 9.94. The lowest BCUT2D eigenvalue weighted by atomic mass is 10.3. The number of rotatable bonds is 9. The molecule has 10 nitrogen and oxygen atoms in total. The Balaban J connectivity index is 4.37. The molecule has 1 atom stereocenters. The Bertz CT molecular complexity index is 332. The molecule has 0 saturated carbocycles. The van der Waals surface area contributed by atoms with Crippen molar-refractivity contribution in [1.82, 2.24) is 16.0 Å². The Hall–Kier alpha value is -2.07. The third-order valence-electron chi connectivity index (χ3n) is 2.40. The second-order valence-electron chi connectivity index (χ2n) is 3.90. The molecule has 122 valence electrons. The summed E-state index contributed by atoms with van der Waals surface area (Å²) in [6, 6.07) is -0.701. The van der Waals surface area contributed by atoms with Gasteiger partial charge in [0.15, 0.2) is 0 Å². The average Bonchev–Trinajstić information content (AvgIpc) is 2.48. The van der Waals surface area contributed by atoms with Gasteiger partial charge >= 0.3 is 12.2 Å². The van der Waals surface area contributed by atoms with Gasteiger partial charge < -0.3 is 35.9 Å². The van der Waals surface area contributed by atoms with Gasteiger partial charge in [-0.3, -0.25) is 4.79 Å². The molecule has 0 heterocycles. The summed E-state index contributed by atoms with van der Waals surface area (Å²) in [7, 11) is 4.36. The molecule has 10 heteroatoms. The minimum atomic E-state index is -0.727. The van der Waals surface area contributed by atoms with Crippen LogP contribution in [0.25, 0.3) is 0 Å². The number of likely N-dealkylation sites (N-methyl/N-ethyl adjacent to an activating group) is 1. The van der Waals surface area contributed by atoms with Gasteiger partial charge in [0.2, 0.25) is 5.91 Å². The van der Waals surface area contributed by atoms with E-state index in [9.17, 15) is 14.4 Å². The Kier molecular flexibility index (Phi) is 9.63. The molecule has 0 aliphatic heterocycles. The first kappa shape index (κ1) is 18.9. The predicted octanol–water partition coefficient (Wildman–Crippen LogP) is -1.84. The fraction of sp³-hybridized carbons (Fsp3) is 0.727.